The Labute approximate surface area is 127 Å². The number of hydrogen-bond acceptors (Lipinski definition) is 2. The average molecular weight is 315 g/mol. The SMILES string of the molecule is CC(CC1Cc2ccc(C(F)(F)F)cc2N1C(C)C)C(=O)O. The van der Waals surface area contributed by atoms with Crippen molar-refractivity contribution in [2.75, 3.05) is 4.90 Å². The lowest BCUT2D eigenvalue weighted by Gasteiger charge is -2.32. The van der Waals surface area contributed by atoms with Crippen molar-refractivity contribution in [3.63, 3.8) is 0 Å². The Morgan fingerprint density at radius 3 is 2.50 bits per heavy atom. The summed E-state index contributed by atoms with van der Waals surface area (Å²) >= 11 is 0. The van der Waals surface area contributed by atoms with Gasteiger partial charge in [0, 0.05) is 17.8 Å². The highest BCUT2D eigenvalue weighted by atomic mass is 19.4. The highest BCUT2D eigenvalue weighted by molar-refractivity contribution is 5.70. The van der Waals surface area contributed by atoms with E-state index in [9.17, 15) is 18.0 Å². The maximum Gasteiger partial charge on any atom is 0.416 e. The van der Waals surface area contributed by atoms with E-state index in [1.807, 2.05) is 18.7 Å². The summed E-state index contributed by atoms with van der Waals surface area (Å²) in [4.78, 5) is 13.0. The number of aliphatic carboxylic acids is 1. The number of rotatable bonds is 4. The zero-order valence-electron chi connectivity index (χ0n) is 12.8. The molecule has 2 rings (SSSR count). The number of carboxylic acid groups (broad SMARTS) is 1. The molecule has 0 saturated carbocycles. The molecule has 1 heterocycles. The lowest BCUT2D eigenvalue weighted by molar-refractivity contribution is -0.141. The Morgan fingerprint density at radius 1 is 1.36 bits per heavy atom. The first-order chi connectivity index (χ1) is 10.1. The van der Waals surface area contributed by atoms with E-state index in [1.165, 1.54) is 12.1 Å². The van der Waals surface area contributed by atoms with Crippen LogP contribution in [0.3, 0.4) is 0 Å². The Bertz CT molecular complexity index is 569. The van der Waals surface area contributed by atoms with Crippen LogP contribution >= 0.6 is 0 Å². The Morgan fingerprint density at radius 2 is 2.00 bits per heavy atom. The van der Waals surface area contributed by atoms with Gasteiger partial charge >= 0.3 is 12.1 Å². The summed E-state index contributed by atoms with van der Waals surface area (Å²) in [7, 11) is 0. The van der Waals surface area contributed by atoms with E-state index in [1.54, 1.807) is 6.92 Å². The number of carbonyl (C=O) groups is 1. The van der Waals surface area contributed by atoms with E-state index >= 15 is 0 Å². The zero-order chi connectivity index (χ0) is 16.7. The van der Waals surface area contributed by atoms with Gasteiger partial charge in [-0.3, -0.25) is 4.79 Å². The molecule has 1 aromatic carbocycles. The maximum absolute atomic E-state index is 12.9. The normalized spacial score (nSPS) is 19.4. The number of fused-ring (bicyclic) bond motifs is 1. The van der Waals surface area contributed by atoms with Crippen LogP contribution in [0.4, 0.5) is 18.9 Å². The molecule has 0 fully saturated rings. The van der Waals surface area contributed by atoms with Gasteiger partial charge in [0.15, 0.2) is 0 Å². The van der Waals surface area contributed by atoms with E-state index in [0.29, 0.717) is 18.5 Å². The summed E-state index contributed by atoms with van der Waals surface area (Å²) in [5.41, 5.74) is 0.764. The third-order valence-electron chi connectivity index (χ3n) is 4.14. The van der Waals surface area contributed by atoms with Gasteiger partial charge in [-0.25, -0.2) is 0 Å². The van der Waals surface area contributed by atoms with Crippen LogP contribution in [-0.2, 0) is 17.4 Å². The van der Waals surface area contributed by atoms with Crippen molar-refractivity contribution < 1.29 is 23.1 Å². The monoisotopic (exact) mass is 315 g/mol. The third-order valence-corrected chi connectivity index (χ3v) is 4.14. The van der Waals surface area contributed by atoms with E-state index in [2.05, 4.69) is 0 Å². The van der Waals surface area contributed by atoms with Gasteiger partial charge in [0.1, 0.15) is 0 Å². The fourth-order valence-electron chi connectivity index (χ4n) is 3.11. The van der Waals surface area contributed by atoms with Gasteiger partial charge < -0.3 is 10.0 Å². The summed E-state index contributed by atoms with van der Waals surface area (Å²) in [5, 5.41) is 9.07. The fourth-order valence-corrected chi connectivity index (χ4v) is 3.11. The van der Waals surface area contributed by atoms with Gasteiger partial charge in [0.05, 0.1) is 11.5 Å². The quantitative estimate of drug-likeness (QED) is 0.914. The molecule has 3 nitrogen and oxygen atoms in total. The minimum atomic E-state index is -4.37. The Kier molecular flexibility index (Phi) is 4.40. The number of carboxylic acids is 1. The van der Waals surface area contributed by atoms with E-state index in [4.69, 9.17) is 5.11 Å². The summed E-state index contributed by atoms with van der Waals surface area (Å²) < 4.78 is 38.7. The molecule has 0 bridgehead atoms. The van der Waals surface area contributed by atoms with Gasteiger partial charge in [-0.15, -0.1) is 0 Å². The molecule has 22 heavy (non-hydrogen) atoms. The second-order valence-electron chi connectivity index (χ2n) is 6.18. The first-order valence-corrected chi connectivity index (χ1v) is 7.32. The van der Waals surface area contributed by atoms with Crippen LogP contribution in [0.5, 0.6) is 0 Å². The molecular formula is C16H20F3NO2. The van der Waals surface area contributed by atoms with Crippen LogP contribution in [0, 0.1) is 5.92 Å². The predicted octanol–water partition coefficient (Wildman–Crippen LogP) is 3.96. The number of alkyl halides is 3. The number of benzene rings is 1. The van der Waals surface area contributed by atoms with Crippen molar-refractivity contribution >= 4 is 11.7 Å². The molecule has 0 radical (unpaired) electrons. The smallest absolute Gasteiger partial charge is 0.416 e. The highest BCUT2D eigenvalue weighted by Gasteiger charge is 2.37. The van der Waals surface area contributed by atoms with Crippen LogP contribution in [0.25, 0.3) is 0 Å². The standard InChI is InChI=1S/C16H20F3NO2/c1-9(2)20-13(6-10(3)15(21)22)7-11-4-5-12(8-14(11)20)16(17,18)19/h4-5,8-10,13H,6-7H2,1-3H3,(H,21,22). The summed E-state index contributed by atoms with van der Waals surface area (Å²) in [5.74, 6) is -1.40. The molecule has 1 aliphatic heterocycles. The topological polar surface area (TPSA) is 40.5 Å². The van der Waals surface area contributed by atoms with Gasteiger partial charge in [-0.05, 0) is 44.4 Å². The maximum atomic E-state index is 12.9. The van der Waals surface area contributed by atoms with Gasteiger partial charge in [-0.2, -0.15) is 13.2 Å². The van der Waals surface area contributed by atoms with E-state index < -0.39 is 23.6 Å². The molecule has 1 aromatic rings. The molecular weight excluding hydrogens is 295 g/mol. The first kappa shape index (κ1) is 16.6. The second kappa shape index (κ2) is 5.82. The second-order valence-corrected chi connectivity index (χ2v) is 6.18. The number of hydrogen-bond donors (Lipinski definition) is 1. The van der Waals surface area contributed by atoms with Crippen LogP contribution in [0.2, 0.25) is 0 Å². The van der Waals surface area contributed by atoms with Crippen LogP contribution < -0.4 is 4.90 Å². The van der Waals surface area contributed by atoms with Crippen LogP contribution in [-0.4, -0.2) is 23.2 Å². The lowest BCUT2D eigenvalue weighted by atomic mass is 9.98. The number of halogens is 3. The van der Waals surface area contributed by atoms with Gasteiger partial charge in [0.2, 0.25) is 0 Å². The van der Waals surface area contributed by atoms with Crippen molar-refractivity contribution in [1.82, 2.24) is 0 Å². The van der Waals surface area contributed by atoms with Gasteiger partial charge in [0.25, 0.3) is 0 Å². The number of anilines is 1. The van der Waals surface area contributed by atoms with Crippen LogP contribution in [0.1, 0.15) is 38.3 Å². The van der Waals surface area contributed by atoms with E-state index in [-0.39, 0.29) is 12.1 Å². The summed E-state index contributed by atoms with van der Waals surface area (Å²) in [6, 6.07) is 3.72. The van der Waals surface area contributed by atoms with E-state index in [0.717, 1.165) is 11.6 Å². The Balaban J connectivity index is 2.34. The Hall–Kier alpha value is -1.72. The van der Waals surface area contributed by atoms with Crippen molar-refractivity contribution in [2.24, 2.45) is 5.92 Å². The highest BCUT2D eigenvalue weighted by Crippen LogP contribution is 2.40. The molecule has 0 saturated heterocycles. The van der Waals surface area contributed by atoms with Crippen molar-refractivity contribution in [3.8, 4) is 0 Å². The summed E-state index contributed by atoms with van der Waals surface area (Å²) in [6.45, 7) is 5.45. The number of nitrogens with zero attached hydrogens (tertiary/aromatic N) is 1. The fraction of sp³-hybridized carbons (Fsp3) is 0.562. The predicted molar refractivity (Wildman–Crippen MR) is 78.0 cm³/mol. The van der Waals surface area contributed by atoms with Crippen molar-refractivity contribution in [3.05, 3.63) is 29.3 Å². The minimum absolute atomic E-state index is 0.00993. The molecule has 2 unspecified atom stereocenters. The van der Waals surface area contributed by atoms with Gasteiger partial charge in [-0.1, -0.05) is 13.0 Å². The minimum Gasteiger partial charge on any atom is -0.481 e. The molecule has 6 heteroatoms. The molecule has 0 aliphatic carbocycles. The van der Waals surface area contributed by atoms with Crippen molar-refractivity contribution in [1.29, 1.82) is 0 Å². The first-order valence-electron chi connectivity index (χ1n) is 7.32. The molecule has 0 aromatic heterocycles. The third kappa shape index (κ3) is 3.20. The molecule has 0 amide bonds. The average Bonchev–Trinajstić information content (AvgIpc) is 2.74. The lowest BCUT2D eigenvalue weighted by Crippen LogP contribution is -2.39. The molecule has 2 atom stereocenters. The summed E-state index contributed by atoms with van der Waals surface area (Å²) in [6.07, 6.45) is -3.36. The molecule has 1 aliphatic rings. The molecule has 122 valence electrons. The zero-order valence-corrected chi connectivity index (χ0v) is 12.8. The van der Waals surface area contributed by atoms with Crippen LogP contribution in [0.15, 0.2) is 18.2 Å². The van der Waals surface area contributed by atoms with Crippen molar-refractivity contribution in [2.45, 2.75) is 51.9 Å². The largest absolute Gasteiger partial charge is 0.481 e. The molecule has 0 spiro atoms. The molecule has 1 N–H and O–H groups in total.